The lowest BCUT2D eigenvalue weighted by atomic mass is 9.96. The summed E-state index contributed by atoms with van der Waals surface area (Å²) in [5.74, 6) is 1.57. The van der Waals surface area contributed by atoms with E-state index in [2.05, 4.69) is 41.7 Å². The monoisotopic (exact) mass is 341 g/mol. The first-order valence-electron chi connectivity index (χ1n) is 6.00. The fourth-order valence-corrected chi connectivity index (χ4v) is 2.63. The normalized spacial score (nSPS) is 11.9. The molecule has 0 atom stereocenters. The quantitative estimate of drug-likeness (QED) is 0.835. The average Bonchev–Trinajstić information content (AvgIpc) is 2.59. The molecule has 2 N–H and O–H groups in total. The number of benzene rings is 1. The molecular formula is C14H17BrClN3. The van der Waals surface area contributed by atoms with Gasteiger partial charge >= 0.3 is 0 Å². The van der Waals surface area contributed by atoms with E-state index in [1.54, 1.807) is 0 Å². The number of hydrogen-bond acceptors (Lipinski definition) is 2. The summed E-state index contributed by atoms with van der Waals surface area (Å²) >= 11 is 9.70. The zero-order valence-electron chi connectivity index (χ0n) is 11.5. The molecule has 1 aromatic heterocycles. The second kappa shape index (κ2) is 4.84. The molecule has 0 radical (unpaired) electrons. The minimum absolute atomic E-state index is 0.0698. The van der Waals surface area contributed by atoms with Gasteiger partial charge in [-0.1, -0.05) is 48.3 Å². The van der Waals surface area contributed by atoms with Gasteiger partial charge in [-0.15, -0.1) is 0 Å². The molecule has 19 heavy (non-hydrogen) atoms. The molecular weight excluding hydrogens is 326 g/mol. The summed E-state index contributed by atoms with van der Waals surface area (Å²) in [6, 6.07) is 5.68. The fraction of sp³-hybridized carbons (Fsp3) is 0.357. The molecule has 0 spiro atoms. The van der Waals surface area contributed by atoms with E-state index in [1.807, 2.05) is 29.8 Å². The molecule has 0 aliphatic heterocycles. The number of nitrogens with zero attached hydrogens (tertiary/aromatic N) is 2. The lowest BCUT2D eigenvalue weighted by Gasteiger charge is -2.17. The number of anilines is 1. The van der Waals surface area contributed by atoms with Crippen LogP contribution >= 0.6 is 27.5 Å². The van der Waals surface area contributed by atoms with Gasteiger partial charge in [0.25, 0.3) is 0 Å². The van der Waals surface area contributed by atoms with Crippen LogP contribution in [0.15, 0.2) is 22.7 Å². The first-order valence-corrected chi connectivity index (χ1v) is 7.17. The summed E-state index contributed by atoms with van der Waals surface area (Å²) in [6.45, 7) is 6.34. The maximum atomic E-state index is 6.25. The maximum absolute atomic E-state index is 6.25. The third kappa shape index (κ3) is 2.65. The van der Waals surface area contributed by atoms with Gasteiger partial charge in [0, 0.05) is 22.5 Å². The first-order chi connectivity index (χ1) is 8.71. The van der Waals surface area contributed by atoms with E-state index in [1.165, 1.54) is 0 Å². The van der Waals surface area contributed by atoms with Gasteiger partial charge < -0.3 is 10.3 Å². The Balaban J connectivity index is 2.67. The summed E-state index contributed by atoms with van der Waals surface area (Å²) in [5.41, 5.74) is 7.69. The standard InChI is InChI=1S/C14H17BrClN3/c1-14(2,3)13-18-11(12(17)19(13)4)9-7-8(15)5-6-10(9)16/h5-7H,17H2,1-4H3. The summed E-state index contributed by atoms with van der Waals surface area (Å²) in [4.78, 5) is 4.69. The van der Waals surface area contributed by atoms with Crippen LogP contribution in [-0.2, 0) is 12.5 Å². The molecule has 3 nitrogen and oxygen atoms in total. The van der Waals surface area contributed by atoms with Crippen LogP contribution in [0.2, 0.25) is 5.02 Å². The van der Waals surface area contributed by atoms with Crippen molar-refractivity contribution in [1.29, 1.82) is 0 Å². The molecule has 0 fully saturated rings. The highest BCUT2D eigenvalue weighted by Gasteiger charge is 2.24. The van der Waals surface area contributed by atoms with E-state index in [4.69, 9.17) is 17.3 Å². The smallest absolute Gasteiger partial charge is 0.131 e. The van der Waals surface area contributed by atoms with Crippen LogP contribution in [-0.4, -0.2) is 9.55 Å². The Bertz CT molecular complexity index is 626. The van der Waals surface area contributed by atoms with E-state index >= 15 is 0 Å². The van der Waals surface area contributed by atoms with Gasteiger partial charge in [0.1, 0.15) is 17.3 Å². The van der Waals surface area contributed by atoms with E-state index in [0.717, 1.165) is 21.6 Å². The summed E-state index contributed by atoms with van der Waals surface area (Å²) in [5, 5.41) is 0.647. The molecule has 0 amide bonds. The second-order valence-corrected chi connectivity index (χ2v) is 6.93. The van der Waals surface area contributed by atoms with Crippen LogP contribution in [0.25, 0.3) is 11.3 Å². The van der Waals surface area contributed by atoms with Crippen LogP contribution < -0.4 is 5.73 Å². The van der Waals surface area contributed by atoms with Gasteiger partial charge in [-0.25, -0.2) is 4.98 Å². The van der Waals surface area contributed by atoms with Crippen molar-refractivity contribution in [2.24, 2.45) is 7.05 Å². The Labute approximate surface area is 126 Å². The predicted molar refractivity (Wildman–Crippen MR) is 84.5 cm³/mol. The second-order valence-electron chi connectivity index (χ2n) is 5.60. The topological polar surface area (TPSA) is 43.8 Å². The number of nitrogens with two attached hydrogens (primary N) is 1. The summed E-state index contributed by atoms with van der Waals surface area (Å²) < 4.78 is 2.88. The van der Waals surface area contributed by atoms with Gasteiger partial charge in [-0.05, 0) is 18.2 Å². The highest BCUT2D eigenvalue weighted by molar-refractivity contribution is 9.10. The fourth-order valence-electron chi connectivity index (χ4n) is 2.06. The van der Waals surface area contributed by atoms with Crippen molar-refractivity contribution in [2.45, 2.75) is 26.2 Å². The molecule has 1 heterocycles. The Hall–Kier alpha value is -1.00. The highest BCUT2D eigenvalue weighted by atomic mass is 79.9. The van der Waals surface area contributed by atoms with Crippen molar-refractivity contribution >= 4 is 33.3 Å². The van der Waals surface area contributed by atoms with Crippen LogP contribution in [0.5, 0.6) is 0 Å². The molecule has 0 saturated carbocycles. The van der Waals surface area contributed by atoms with Gasteiger partial charge in [0.15, 0.2) is 0 Å². The van der Waals surface area contributed by atoms with Crippen molar-refractivity contribution in [2.75, 3.05) is 5.73 Å². The summed E-state index contributed by atoms with van der Waals surface area (Å²) in [6.07, 6.45) is 0. The third-order valence-corrected chi connectivity index (χ3v) is 3.82. The number of nitrogen functional groups attached to an aromatic ring is 1. The van der Waals surface area contributed by atoms with Crippen molar-refractivity contribution in [1.82, 2.24) is 9.55 Å². The zero-order chi connectivity index (χ0) is 14.4. The molecule has 2 aromatic rings. The van der Waals surface area contributed by atoms with Crippen LogP contribution in [0, 0.1) is 0 Å². The first kappa shape index (κ1) is 14.4. The van der Waals surface area contributed by atoms with Crippen LogP contribution in [0.1, 0.15) is 26.6 Å². The van der Waals surface area contributed by atoms with Crippen molar-refractivity contribution in [3.8, 4) is 11.3 Å². The van der Waals surface area contributed by atoms with E-state index < -0.39 is 0 Å². The minimum Gasteiger partial charge on any atom is -0.383 e. The van der Waals surface area contributed by atoms with Gasteiger partial charge in [-0.3, -0.25) is 0 Å². The molecule has 0 unspecified atom stereocenters. The molecule has 0 bridgehead atoms. The Morgan fingerprint density at radius 1 is 1.32 bits per heavy atom. The van der Waals surface area contributed by atoms with Crippen molar-refractivity contribution in [3.05, 3.63) is 33.5 Å². The SMILES string of the molecule is Cn1c(C(C)(C)C)nc(-c2cc(Br)ccc2Cl)c1N. The summed E-state index contributed by atoms with van der Waals surface area (Å²) in [7, 11) is 1.93. The van der Waals surface area contributed by atoms with E-state index in [-0.39, 0.29) is 5.41 Å². The highest BCUT2D eigenvalue weighted by Crippen LogP contribution is 2.36. The third-order valence-electron chi connectivity index (χ3n) is 2.99. The lowest BCUT2D eigenvalue weighted by Crippen LogP contribution is -2.17. The zero-order valence-corrected chi connectivity index (χ0v) is 13.8. The van der Waals surface area contributed by atoms with E-state index in [0.29, 0.717) is 10.8 Å². The molecule has 102 valence electrons. The van der Waals surface area contributed by atoms with E-state index in [9.17, 15) is 0 Å². The number of hydrogen-bond donors (Lipinski definition) is 1. The molecule has 1 aromatic carbocycles. The minimum atomic E-state index is -0.0698. The number of rotatable bonds is 1. The van der Waals surface area contributed by atoms with Crippen molar-refractivity contribution < 1.29 is 0 Å². The van der Waals surface area contributed by atoms with Crippen LogP contribution in [0.3, 0.4) is 0 Å². The Morgan fingerprint density at radius 2 is 1.95 bits per heavy atom. The molecule has 5 heteroatoms. The molecule has 0 aliphatic carbocycles. The van der Waals surface area contributed by atoms with Crippen LogP contribution in [0.4, 0.5) is 5.82 Å². The number of halogens is 2. The van der Waals surface area contributed by atoms with Gasteiger partial charge in [-0.2, -0.15) is 0 Å². The maximum Gasteiger partial charge on any atom is 0.131 e. The molecule has 0 saturated heterocycles. The largest absolute Gasteiger partial charge is 0.383 e. The average molecular weight is 343 g/mol. The van der Waals surface area contributed by atoms with Crippen molar-refractivity contribution in [3.63, 3.8) is 0 Å². The van der Waals surface area contributed by atoms with Gasteiger partial charge in [0.05, 0.1) is 5.02 Å². The Kier molecular flexibility index (Phi) is 3.67. The predicted octanol–water partition coefficient (Wildman–Crippen LogP) is 4.38. The molecule has 0 aliphatic rings. The number of imidazole rings is 1. The number of aromatic nitrogens is 2. The van der Waals surface area contributed by atoms with Gasteiger partial charge in [0.2, 0.25) is 0 Å². The molecule has 2 rings (SSSR count). The Morgan fingerprint density at radius 3 is 2.47 bits per heavy atom. The lowest BCUT2D eigenvalue weighted by molar-refractivity contribution is 0.524.